The van der Waals surface area contributed by atoms with Gasteiger partial charge in [-0.3, -0.25) is 4.79 Å². The molecule has 1 aliphatic heterocycles. The maximum atomic E-state index is 10.8. The number of hydrogen-bond donors (Lipinski definition) is 1. The topological polar surface area (TPSA) is 37.3 Å². The molecule has 3 heteroatoms. The van der Waals surface area contributed by atoms with Crippen molar-refractivity contribution in [3.63, 3.8) is 0 Å². The maximum Gasteiger partial charge on any atom is 0.303 e. The average molecular weight is 571 g/mol. The van der Waals surface area contributed by atoms with Crippen molar-refractivity contribution in [2.75, 3.05) is 6.26 Å². The molecule has 4 aromatic carbocycles. The van der Waals surface area contributed by atoms with E-state index < -0.39 is 16.0 Å². The molecule has 0 aromatic heterocycles. The van der Waals surface area contributed by atoms with Crippen LogP contribution in [0, 0.1) is 11.2 Å². The maximum absolute atomic E-state index is 10.8. The molecule has 5 rings (SSSR count). The molecule has 0 fully saturated rings. The fourth-order valence-electron chi connectivity index (χ4n) is 5.75. The van der Waals surface area contributed by atoms with Crippen LogP contribution in [-0.4, -0.2) is 17.3 Å². The first-order valence-electron chi connectivity index (χ1n) is 14.8. The van der Waals surface area contributed by atoms with Gasteiger partial charge in [-0.15, -0.1) is 10.0 Å². The van der Waals surface area contributed by atoms with Gasteiger partial charge in [0.2, 0.25) is 0 Å². The van der Waals surface area contributed by atoms with Gasteiger partial charge in [0, 0.05) is 33.8 Å². The van der Waals surface area contributed by atoms with Crippen molar-refractivity contribution < 1.29 is 9.90 Å². The normalized spacial score (nSPS) is 14.8. The van der Waals surface area contributed by atoms with Crippen LogP contribution in [0.4, 0.5) is 0 Å². The summed E-state index contributed by atoms with van der Waals surface area (Å²) in [7, 11) is -1.76. The van der Waals surface area contributed by atoms with Crippen molar-refractivity contribution in [3.8, 4) is 11.2 Å². The highest BCUT2D eigenvalue weighted by atomic mass is 32.3. The van der Waals surface area contributed by atoms with Gasteiger partial charge in [-0.1, -0.05) is 147 Å². The molecule has 2 nitrogen and oxygen atoms in total. The Kier molecular flexibility index (Phi) is 9.80. The smallest absolute Gasteiger partial charge is 0.303 e. The summed E-state index contributed by atoms with van der Waals surface area (Å²) in [5.41, 5.74) is 7.42. The van der Waals surface area contributed by atoms with Crippen LogP contribution in [0.15, 0.2) is 121 Å². The highest BCUT2D eigenvalue weighted by molar-refractivity contribution is 8.51. The Bertz CT molecular complexity index is 1510. The molecule has 4 aromatic rings. The molecule has 0 atom stereocenters. The van der Waals surface area contributed by atoms with Crippen LogP contribution in [0.2, 0.25) is 0 Å². The second-order valence-electron chi connectivity index (χ2n) is 10.7. The van der Waals surface area contributed by atoms with E-state index in [1.165, 1.54) is 43.2 Å². The summed E-state index contributed by atoms with van der Waals surface area (Å²) < 4.78 is 0. The van der Waals surface area contributed by atoms with Crippen LogP contribution in [-0.2, 0) is 4.79 Å². The van der Waals surface area contributed by atoms with E-state index in [4.69, 9.17) is 5.11 Å². The van der Waals surface area contributed by atoms with Gasteiger partial charge in [-0.05, 0) is 46.6 Å². The van der Waals surface area contributed by atoms with Gasteiger partial charge >= 0.3 is 5.97 Å². The van der Waals surface area contributed by atoms with Gasteiger partial charge in [-0.2, -0.15) is 0 Å². The summed E-state index contributed by atoms with van der Waals surface area (Å²) >= 11 is 0. The Balaban J connectivity index is 1.64. The van der Waals surface area contributed by atoms with Gasteiger partial charge < -0.3 is 5.11 Å². The second kappa shape index (κ2) is 14.1. The lowest BCUT2D eigenvalue weighted by atomic mass is 9.89. The number of aliphatic carboxylic acids is 1. The first-order valence-corrected chi connectivity index (χ1v) is 16.8. The number of allylic oxidation sites excluding steroid dienone is 2. The summed E-state index contributed by atoms with van der Waals surface area (Å²) in [4.78, 5) is 13.4. The molecule has 0 unspecified atom stereocenters. The van der Waals surface area contributed by atoms with Crippen molar-refractivity contribution in [2.45, 2.75) is 44.9 Å². The predicted molar refractivity (Wildman–Crippen MR) is 181 cm³/mol. The molecular weight excluding hydrogens is 532 g/mol. The summed E-state index contributed by atoms with van der Waals surface area (Å²) in [5, 5.41) is 12.8. The quantitative estimate of drug-likeness (QED) is 0.144. The average Bonchev–Trinajstić information content (AvgIpc) is 3.30. The minimum Gasteiger partial charge on any atom is -0.481 e. The first kappa shape index (κ1) is 29.2. The number of carbonyl (C=O) groups is 1. The van der Waals surface area contributed by atoms with Gasteiger partial charge in [0.25, 0.3) is 0 Å². The van der Waals surface area contributed by atoms with Crippen LogP contribution in [0.1, 0.15) is 67.2 Å². The van der Waals surface area contributed by atoms with Crippen molar-refractivity contribution in [1.82, 2.24) is 0 Å². The minimum absolute atomic E-state index is 0.262. The van der Waals surface area contributed by atoms with Gasteiger partial charge in [0.1, 0.15) is 0 Å². The Hall–Kier alpha value is -4.26. The predicted octanol–water partition coefficient (Wildman–Crippen LogP) is 10.3. The first-order chi connectivity index (χ1) is 20.6. The molecule has 1 heterocycles. The van der Waals surface area contributed by atoms with Gasteiger partial charge in [0.05, 0.1) is 0 Å². The third kappa shape index (κ3) is 6.62. The number of carboxylic acid groups (broad SMARTS) is 1. The monoisotopic (exact) mass is 570 g/mol. The van der Waals surface area contributed by atoms with E-state index in [0.717, 1.165) is 38.5 Å². The molecule has 42 heavy (non-hydrogen) atoms. The van der Waals surface area contributed by atoms with E-state index in [1.54, 1.807) is 0 Å². The lowest BCUT2D eigenvalue weighted by molar-refractivity contribution is -0.137. The Morgan fingerprint density at radius 1 is 0.571 bits per heavy atom. The fourth-order valence-corrected chi connectivity index (χ4v) is 9.02. The largest absolute Gasteiger partial charge is 0.481 e. The summed E-state index contributed by atoms with van der Waals surface area (Å²) in [6.45, 7) is 0. The second-order valence-corrected chi connectivity index (χ2v) is 13.6. The lowest BCUT2D eigenvalue weighted by Crippen LogP contribution is -1.99. The molecule has 0 radical (unpaired) electrons. The fraction of sp³-hybridized carbons (Fsp3) is 0.205. The highest BCUT2D eigenvalue weighted by Gasteiger charge is 2.41. The van der Waals surface area contributed by atoms with E-state index in [0.29, 0.717) is 0 Å². The zero-order valence-electron chi connectivity index (χ0n) is 24.3. The van der Waals surface area contributed by atoms with Crippen LogP contribution in [0.25, 0.3) is 21.0 Å². The minimum atomic E-state index is -1.76. The van der Waals surface area contributed by atoms with E-state index in [1.807, 2.05) is 0 Å². The molecule has 1 aliphatic rings. The van der Waals surface area contributed by atoms with Crippen molar-refractivity contribution >= 4 is 37.0 Å². The Labute approximate surface area is 252 Å². The van der Waals surface area contributed by atoms with Gasteiger partial charge in [0.15, 0.2) is 0 Å². The molecule has 0 bridgehead atoms. The Morgan fingerprint density at radius 2 is 0.952 bits per heavy atom. The molecule has 0 aliphatic carbocycles. The molecule has 212 valence electrons. The van der Waals surface area contributed by atoms with E-state index in [2.05, 4.69) is 139 Å². The van der Waals surface area contributed by atoms with Crippen LogP contribution < -0.4 is 0 Å². The van der Waals surface area contributed by atoms with E-state index in [9.17, 15) is 4.79 Å². The van der Waals surface area contributed by atoms with Crippen molar-refractivity contribution in [1.29, 1.82) is 0 Å². The molecule has 0 saturated carbocycles. The molecule has 1 N–H and O–H groups in total. The lowest BCUT2D eigenvalue weighted by Gasteiger charge is -2.33. The number of hydrogen-bond acceptors (Lipinski definition) is 1. The summed E-state index contributed by atoms with van der Waals surface area (Å²) in [6, 6.07) is 43.2. The van der Waals surface area contributed by atoms with E-state index >= 15 is 0 Å². The number of unbranched alkanes of at least 4 members (excludes halogenated alkanes) is 5. The zero-order valence-corrected chi connectivity index (χ0v) is 25.1. The third-order valence-corrected chi connectivity index (χ3v) is 10.8. The molecule has 0 amide bonds. The number of benzene rings is 4. The van der Waals surface area contributed by atoms with Crippen molar-refractivity contribution in [2.24, 2.45) is 0 Å². The molecule has 0 saturated heterocycles. The van der Waals surface area contributed by atoms with Crippen LogP contribution in [0.5, 0.6) is 0 Å². The molecular formula is C39H38O2S. The SMILES string of the molecule is CS1(C#CCCCCCCCC(=O)O)C(c2ccccc2)=C(c2ccccc2)C(c2ccccc2)=C1c1ccccc1. The van der Waals surface area contributed by atoms with E-state index in [-0.39, 0.29) is 6.42 Å². The van der Waals surface area contributed by atoms with Crippen LogP contribution >= 0.6 is 10.0 Å². The molecule has 0 spiro atoms. The Morgan fingerprint density at radius 3 is 1.38 bits per heavy atom. The number of carboxylic acids is 1. The van der Waals surface area contributed by atoms with Crippen LogP contribution in [0.3, 0.4) is 0 Å². The highest BCUT2D eigenvalue weighted by Crippen LogP contribution is 2.75. The van der Waals surface area contributed by atoms with Crippen molar-refractivity contribution in [3.05, 3.63) is 144 Å². The van der Waals surface area contributed by atoms with Gasteiger partial charge in [-0.25, -0.2) is 0 Å². The number of rotatable bonds is 11. The zero-order chi connectivity index (χ0) is 29.2. The third-order valence-electron chi connectivity index (χ3n) is 7.69. The summed E-state index contributed by atoms with van der Waals surface area (Å²) in [5.74, 6) is 2.94. The summed E-state index contributed by atoms with van der Waals surface area (Å²) in [6.07, 6.45) is 8.37. The standard InChI is InChI=1S/C39H38O2S/c1-42(30-20-6-4-2-3-5-19-29-35(40)41)38(33-25-15-9-16-26-33)36(31-21-11-7-12-22-31)37(32-23-13-8-14-24-32)39(42)34-27-17-10-18-28-34/h7-18,21-28H,2-6,19,29H2,1H3,(H,40,41).